The van der Waals surface area contributed by atoms with Gasteiger partial charge < -0.3 is 10.5 Å². The lowest BCUT2D eigenvalue weighted by Gasteiger charge is -2.14. The molecule has 0 aliphatic heterocycles. The highest BCUT2D eigenvalue weighted by atomic mass is 35.5. The van der Waals surface area contributed by atoms with Crippen LogP contribution < -0.4 is 10.5 Å². The summed E-state index contributed by atoms with van der Waals surface area (Å²) in [5.74, 6) is 2.47. The number of anilines is 1. The van der Waals surface area contributed by atoms with E-state index in [4.69, 9.17) is 22.1 Å². The summed E-state index contributed by atoms with van der Waals surface area (Å²) in [7, 11) is 0. The number of aromatic nitrogens is 2. The second-order valence-electron chi connectivity index (χ2n) is 5.07. The van der Waals surface area contributed by atoms with Gasteiger partial charge in [-0.1, -0.05) is 25.4 Å². The summed E-state index contributed by atoms with van der Waals surface area (Å²) >= 11 is 6.25. The van der Waals surface area contributed by atoms with Crippen LogP contribution in [0.1, 0.15) is 36.7 Å². The Morgan fingerprint density at radius 1 is 1.15 bits per heavy atom. The smallest absolute Gasteiger partial charge is 0.224 e. The molecular weight excluding hydrogens is 274 g/mol. The van der Waals surface area contributed by atoms with Crippen LogP contribution in [0.25, 0.3) is 0 Å². The standard InChI is InChI=1S/C15H18ClN3O/c1-8(2)11-6-13(9(3)5-12(11)16)20-15-7-14(17)18-10(4)19-15/h5-8H,1-4H3,(H2,17,18,19). The Balaban J connectivity index is 2.40. The molecule has 2 aromatic rings. The van der Waals surface area contributed by atoms with Gasteiger partial charge >= 0.3 is 0 Å². The van der Waals surface area contributed by atoms with E-state index in [1.807, 2.05) is 19.1 Å². The fraction of sp³-hybridized carbons (Fsp3) is 0.333. The summed E-state index contributed by atoms with van der Waals surface area (Å²) in [5, 5.41) is 0.753. The minimum atomic E-state index is 0.322. The van der Waals surface area contributed by atoms with Crippen LogP contribution in [0.2, 0.25) is 5.02 Å². The van der Waals surface area contributed by atoms with Crippen molar-refractivity contribution in [1.82, 2.24) is 9.97 Å². The molecule has 106 valence electrons. The maximum atomic E-state index is 6.25. The Kier molecular flexibility index (Phi) is 4.14. The van der Waals surface area contributed by atoms with E-state index in [9.17, 15) is 0 Å². The number of hydrogen-bond donors (Lipinski definition) is 1. The second-order valence-corrected chi connectivity index (χ2v) is 5.48. The van der Waals surface area contributed by atoms with Gasteiger partial charge in [0.1, 0.15) is 17.4 Å². The number of rotatable bonds is 3. The SMILES string of the molecule is Cc1nc(N)cc(Oc2cc(C(C)C)c(Cl)cc2C)n1. The molecule has 2 N–H and O–H groups in total. The Bertz CT molecular complexity index is 621. The molecule has 1 aromatic carbocycles. The fourth-order valence-electron chi connectivity index (χ4n) is 1.95. The highest BCUT2D eigenvalue weighted by molar-refractivity contribution is 6.31. The molecule has 0 spiro atoms. The van der Waals surface area contributed by atoms with Crippen LogP contribution in [0.5, 0.6) is 11.6 Å². The largest absolute Gasteiger partial charge is 0.439 e. The predicted octanol–water partition coefficient (Wildman–Crippen LogP) is 4.24. The molecule has 1 heterocycles. The van der Waals surface area contributed by atoms with Crippen molar-refractivity contribution in [2.24, 2.45) is 0 Å². The molecule has 2 rings (SSSR count). The van der Waals surface area contributed by atoms with Crippen LogP contribution in [0.4, 0.5) is 5.82 Å². The molecule has 0 amide bonds. The lowest BCUT2D eigenvalue weighted by molar-refractivity contribution is 0.456. The van der Waals surface area contributed by atoms with Crippen LogP contribution in [-0.4, -0.2) is 9.97 Å². The minimum absolute atomic E-state index is 0.322. The number of hydrogen-bond acceptors (Lipinski definition) is 4. The van der Waals surface area contributed by atoms with Crippen molar-refractivity contribution in [1.29, 1.82) is 0 Å². The number of nitrogen functional groups attached to an aromatic ring is 1. The Labute approximate surface area is 124 Å². The summed E-state index contributed by atoms with van der Waals surface area (Å²) in [6.07, 6.45) is 0. The average molecular weight is 292 g/mol. The molecule has 0 aliphatic carbocycles. The van der Waals surface area contributed by atoms with E-state index in [2.05, 4.69) is 23.8 Å². The van der Waals surface area contributed by atoms with Crippen LogP contribution >= 0.6 is 11.6 Å². The van der Waals surface area contributed by atoms with Gasteiger partial charge in [-0.3, -0.25) is 0 Å². The Morgan fingerprint density at radius 3 is 2.45 bits per heavy atom. The number of aryl methyl sites for hydroxylation is 2. The van der Waals surface area contributed by atoms with Crippen LogP contribution in [-0.2, 0) is 0 Å². The van der Waals surface area contributed by atoms with E-state index in [0.717, 1.165) is 21.9 Å². The number of nitrogens with two attached hydrogens (primary N) is 1. The molecule has 0 saturated carbocycles. The van der Waals surface area contributed by atoms with Crippen LogP contribution in [0.3, 0.4) is 0 Å². The number of halogens is 1. The van der Waals surface area contributed by atoms with Gasteiger partial charge in [0, 0.05) is 11.1 Å². The summed E-state index contributed by atoms with van der Waals surface area (Å²) < 4.78 is 5.83. The maximum absolute atomic E-state index is 6.25. The Morgan fingerprint density at radius 2 is 1.85 bits per heavy atom. The molecule has 0 unspecified atom stereocenters. The van der Waals surface area contributed by atoms with Crippen molar-refractivity contribution in [2.45, 2.75) is 33.6 Å². The van der Waals surface area contributed by atoms with Gasteiger partial charge in [-0.2, -0.15) is 4.98 Å². The zero-order valence-corrected chi connectivity index (χ0v) is 12.8. The first-order valence-electron chi connectivity index (χ1n) is 6.46. The van der Waals surface area contributed by atoms with Gasteiger partial charge in [0.15, 0.2) is 0 Å². The van der Waals surface area contributed by atoms with E-state index < -0.39 is 0 Å². The third-order valence-electron chi connectivity index (χ3n) is 2.97. The second kappa shape index (κ2) is 5.67. The summed E-state index contributed by atoms with van der Waals surface area (Å²) in [6, 6.07) is 5.47. The highest BCUT2D eigenvalue weighted by Crippen LogP contribution is 2.33. The van der Waals surface area contributed by atoms with Crippen molar-refractivity contribution in [2.75, 3.05) is 5.73 Å². The zero-order chi connectivity index (χ0) is 14.9. The first-order chi connectivity index (χ1) is 9.36. The number of nitrogens with zero attached hydrogens (tertiary/aromatic N) is 2. The molecule has 1 aromatic heterocycles. The third-order valence-corrected chi connectivity index (χ3v) is 3.29. The van der Waals surface area contributed by atoms with Gasteiger partial charge in [0.25, 0.3) is 0 Å². The first-order valence-corrected chi connectivity index (χ1v) is 6.83. The lowest BCUT2D eigenvalue weighted by Crippen LogP contribution is -1.99. The fourth-order valence-corrected chi connectivity index (χ4v) is 2.38. The molecule has 0 radical (unpaired) electrons. The van der Waals surface area contributed by atoms with E-state index in [0.29, 0.717) is 23.4 Å². The van der Waals surface area contributed by atoms with Crippen molar-refractivity contribution in [3.63, 3.8) is 0 Å². The van der Waals surface area contributed by atoms with E-state index in [1.54, 1.807) is 13.0 Å². The molecule has 0 aliphatic rings. The molecular formula is C15H18ClN3O. The average Bonchev–Trinajstić information content (AvgIpc) is 2.30. The molecule has 0 bridgehead atoms. The monoisotopic (exact) mass is 291 g/mol. The third kappa shape index (κ3) is 3.20. The van der Waals surface area contributed by atoms with Gasteiger partial charge in [0.05, 0.1) is 0 Å². The van der Waals surface area contributed by atoms with Gasteiger partial charge in [-0.25, -0.2) is 4.98 Å². The van der Waals surface area contributed by atoms with Crippen molar-refractivity contribution in [3.05, 3.63) is 40.2 Å². The van der Waals surface area contributed by atoms with Crippen LogP contribution in [0, 0.1) is 13.8 Å². The van der Waals surface area contributed by atoms with E-state index in [-0.39, 0.29) is 0 Å². The van der Waals surface area contributed by atoms with Crippen LogP contribution in [0.15, 0.2) is 18.2 Å². The summed E-state index contributed by atoms with van der Waals surface area (Å²) in [5.41, 5.74) is 7.70. The summed E-state index contributed by atoms with van der Waals surface area (Å²) in [6.45, 7) is 7.90. The quantitative estimate of drug-likeness (QED) is 0.918. The number of benzene rings is 1. The topological polar surface area (TPSA) is 61.0 Å². The van der Waals surface area contributed by atoms with Crippen molar-refractivity contribution >= 4 is 17.4 Å². The van der Waals surface area contributed by atoms with E-state index in [1.165, 1.54) is 0 Å². The zero-order valence-electron chi connectivity index (χ0n) is 12.1. The molecule has 0 saturated heterocycles. The van der Waals surface area contributed by atoms with Gasteiger partial charge in [-0.15, -0.1) is 0 Å². The normalized spacial score (nSPS) is 10.9. The summed E-state index contributed by atoms with van der Waals surface area (Å²) in [4.78, 5) is 8.24. The molecule has 20 heavy (non-hydrogen) atoms. The van der Waals surface area contributed by atoms with Crippen molar-refractivity contribution in [3.8, 4) is 11.6 Å². The minimum Gasteiger partial charge on any atom is -0.439 e. The molecule has 0 atom stereocenters. The number of ether oxygens (including phenoxy) is 1. The molecule has 0 fully saturated rings. The maximum Gasteiger partial charge on any atom is 0.224 e. The van der Waals surface area contributed by atoms with Crippen molar-refractivity contribution < 1.29 is 4.74 Å². The first kappa shape index (κ1) is 14.6. The molecule has 5 heteroatoms. The van der Waals surface area contributed by atoms with E-state index >= 15 is 0 Å². The lowest BCUT2D eigenvalue weighted by atomic mass is 10.0. The highest BCUT2D eigenvalue weighted by Gasteiger charge is 2.11. The predicted molar refractivity (Wildman–Crippen MR) is 81.5 cm³/mol. The van der Waals surface area contributed by atoms with Gasteiger partial charge in [0.2, 0.25) is 5.88 Å². The molecule has 4 nitrogen and oxygen atoms in total. The van der Waals surface area contributed by atoms with Gasteiger partial charge in [-0.05, 0) is 43.0 Å². The Hall–Kier alpha value is -1.81.